The molecule has 2 aromatic rings. The first-order valence-corrected chi connectivity index (χ1v) is 8.71. The van der Waals surface area contributed by atoms with Gasteiger partial charge in [-0.05, 0) is 36.3 Å². The molecule has 1 atom stereocenters. The molecule has 0 aliphatic heterocycles. The van der Waals surface area contributed by atoms with Crippen LogP contribution in [0.3, 0.4) is 0 Å². The maximum Gasteiger partial charge on any atom is 0.330 e. The molecule has 0 aliphatic carbocycles. The fourth-order valence-corrected chi connectivity index (χ4v) is 2.22. The number of nitrogens with one attached hydrogen (secondary N) is 1. The molecule has 2 aromatic carbocycles. The fraction of sp³-hybridized carbons (Fsp3) is 0.238. The van der Waals surface area contributed by atoms with Crippen LogP contribution in [0.1, 0.15) is 18.1 Å². The normalized spacial score (nSPS) is 11.5. The van der Waals surface area contributed by atoms with Crippen molar-refractivity contribution in [1.29, 1.82) is 0 Å². The van der Waals surface area contributed by atoms with Crippen LogP contribution in [-0.2, 0) is 25.7 Å². The Morgan fingerprint density at radius 3 is 2.43 bits per heavy atom. The van der Waals surface area contributed by atoms with Crippen molar-refractivity contribution in [3.63, 3.8) is 0 Å². The number of esters is 1. The van der Waals surface area contributed by atoms with Gasteiger partial charge in [0.05, 0.1) is 19.8 Å². The van der Waals surface area contributed by atoms with Crippen LogP contribution < -0.4 is 11.1 Å². The smallest absolute Gasteiger partial charge is 0.330 e. The summed E-state index contributed by atoms with van der Waals surface area (Å²) in [6.45, 7) is 2.62. The van der Waals surface area contributed by atoms with Crippen molar-refractivity contribution in [2.75, 3.05) is 18.5 Å². The molecule has 0 spiro atoms. The van der Waals surface area contributed by atoms with Crippen LogP contribution in [0, 0.1) is 0 Å². The molecule has 0 radical (unpaired) electrons. The van der Waals surface area contributed by atoms with Crippen molar-refractivity contribution in [1.82, 2.24) is 0 Å². The van der Waals surface area contributed by atoms with Crippen molar-refractivity contribution in [2.24, 2.45) is 5.73 Å². The van der Waals surface area contributed by atoms with E-state index in [-0.39, 0.29) is 24.9 Å². The Morgan fingerprint density at radius 1 is 1.11 bits per heavy atom. The maximum absolute atomic E-state index is 12.1. The van der Waals surface area contributed by atoms with Gasteiger partial charge in [-0.1, -0.05) is 42.5 Å². The lowest BCUT2D eigenvalue weighted by Crippen LogP contribution is -2.39. The number of nitrogens with two attached hydrogens (primary N) is 1. The summed E-state index contributed by atoms with van der Waals surface area (Å²) in [5, 5.41) is 2.74. The van der Waals surface area contributed by atoms with E-state index in [1.807, 2.05) is 30.3 Å². The summed E-state index contributed by atoms with van der Waals surface area (Å²) in [7, 11) is 0. The monoisotopic (exact) mass is 404 g/mol. The Bertz CT molecular complexity index is 764. The highest BCUT2D eigenvalue weighted by atomic mass is 35.5. The lowest BCUT2D eigenvalue weighted by Gasteiger charge is -2.13. The second-order valence-electron chi connectivity index (χ2n) is 5.80. The summed E-state index contributed by atoms with van der Waals surface area (Å²) in [6, 6.07) is 15.9. The number of halogens is 1. The molecule has 28 heavy (non-hydrogen) atoms. The summed E-state index contributed by atoms with van der Waals surface area (Å²) >= 11 is 0. The van der Waals surface area contributed by atoms with Crippen molar-refractivity contribution in [2.45, 2.75) is 19.6 Å². The number of amides is 1. The standard InChI is InChI=1S/C21H24N2O4.ClH/c1-2-27-20(24)13-10-16-8-11-18(12-9-16)23-21(25)19(22)15-26-14-17-6-4-3-5-7-17;/h3-13,19H,2,14-15,22H2,1H3,(H,23,25);1H/b13-10+;/t19-;/m0./s1. The van der Waals surface area contributed by atoms with Gasteiger partial charge >= 0.3 is 5.97 Å². The summed E-state index contributed by atoms with van der Waals surface area (Å²) in [5.74, 6) is -0.714. The first kappa shape index (κ1) is 23.4. The molecule has 2 rings (SSSR count). The van der Waals surface area contributed by atoms with Gasteiger partial charge in [0, 0.05) is 11.8 Å². The van der Waals surface area contributed by atoms with Crippen molar-refractivity contribution >= 4 is 36.0 Å². The van der Waals surface area contributed by atoms with Gasteiger partial charge < -0.3 is 20.5 Å². The molecule has 0 aromatic heterocycles. The Labute approximate surface area is 171 Å². The Kier molecular flexibility index (Phi) is 10.6. The van der Waals surface area contributed by atoms with Crippen LogP contribution in [0.4, 0.5) is 5.69 Å². The van der Waals surface area contributed by atoms with E-state index in [4.69, 9.17) is 15.2 Å². The predicted octanol–water partition coefficient (Wildman–Crippen LogP) is 3.17. The van der Waals surface area contributed by atoms with Gasteiger partial charge in [-0.2, -0.15) is 0 Å². The third-order valence-corrected chi connectivity index (χ3v) is 3.62. The van der Waals surface area contributed by atoms with Gasteiger partial charge in [0.1, 0.15) is 6.04 Å². The van der Waals surface area contributed by atoms with E-state index in [0.29, 0.717) is 18.9 Å². The zero-order valence-electron chi connectivity index (χ0n) is 15.7. The zero-order chi connectivity index (χ0) is 19.5. The highest BCUT2D eigenvalue weighted by Crippen LogP contribution is 2.11. The van der Waals surface area contributed by atoms with Gasteiger partial charge in [-0.25, -0.2) is 4.79 Å². The van der Waals surface area contributed by atoms with E-state index in [0.717, 1.165) is 11.1 Å². The number of hydrogen-bond acceptors (Lipinski definition) is 5. The molecule has 0 aliphatic rings. The van der Waals surface area contributed by atoms with E-state index < -0.39 is 12.0 Å². The summed E-state index contributed by atoms with van der Waals surface area (Å²) < 4.78 is 10.3. The molecule has 0 bridgehead atoms. The lowest BCUT2D eigenvalue weighted by atomic mass is 10.2. The third-order valence-electron chi connectivity index (χ3n) is 3.62. The molecule has 0 heterocycles. The molecular formula is C21H25ClN2O4. The van der Waals surface area contributed by atoms with E-state index in [9.17, 15) is 9.59 Å². The van der Waals surface area contributed by atoms with E-state index in [1.54, 1.807) is 37.3 Å². The summed E-state index contributed by atoms with van der Waals surface area (Å²) in [4.78, 5) is 23.4. The van der Waals surface area contributed by atoms with Gasteiger partial charge in [0.15, 0.2) is 0 Å². The first-order chi connectivity index (χ1) is 13.1. The third kappa shape index (κ3) is 8.35. The molecule has 0 fully saturated rings. The number of anilines is 1. The van der Waals surface area contributed by atoms with Crippen LogP contribution in [-0.4, -0.2) is 31.1 Å². The fourth-order valence-electron chi connectivity index (χ4n) is 2.22. The second kappa shape index (κ2) is 12.7. The van der Waals surface area contributed by atoms with Gasteiger partial charge in [0.25, 0.3) is 0 Å². The van der Waals surface area contributed by atoms with Crippen LogP contribution in [0.15, 0.2) is 60.7 Å². The average molecular weight is 405 g/mol. The largest absolute Gasteiger partial charge is 0.463 e. The van der Waals surface area contributed by atoms with E-state index in [2.05, 4.69) is 5.32 Å². The molecular weight excluding hydrogens is 380 g/mol. The minimum atomic E-state index is -0.767. The topological polar surface area (TPSA) is 90.7 Å². The van der Waals surface area contributed by atoms with Gasteiger partial charge in [0.2, 0.25) is 5.91 Å². The van der Waals surface area contributed by atoms with Crippen LogP contribution in [0.5, 0.6) is 0 Å². The molecule has 1 amide bonds. The summed E-state index contributed by atoms with van der Waals surface area (Å²) in [5.41, 5.74) is 8.33. The van der Waals surface area contributed by atoms with Crippen LogP contribution >= 0.6 is 12.4 Å². The maximum atomic E-state index is 12.1. The average Bonchev–Trinajstić information content (AvgIpc) is 2.68. The Balaban J connectivity index is 0.00000392. The van der Waals surface area contributed by atoms with Crippen LogP contribution in [0.2, 0.25) is 0 Å². The predicted molar refractivity (Wildman–Crippen MR) is 112 cm³/mol. The molecule has 7 heteroatoms. The molecule has 0 saturated carbocycles. The highest BCUT2D eigenvalue weighted by Gasteiger charge is 2.13. The Hall–Kier alpha value is -2.67. The molecule has 6 nitrogen and oxygen atoms in total. The minimum Gasteiger partial charge on any atom is -0.463 e. The van der Waals surface area contributed by atoms with Gasteiger partial charge in [-0.3, -0.25) is 4.79 Å². The minimum absolute atomic E-state index is 0. The zero-order valence-corrected chi connectivity index (χ0v) is 16.5. The van der Waals surface area contributed by atoms with Crippen molar-refractivity contribution in [3.05, 3.63) is 71.8 Å². The molecule has 3 N–H and O–H groups in total. The van der Waals surface area contributed by atoms with Gasteiger partial charge in [-0.15, -0.1) is 12.4 Å². The second-order valence-corrected chi connectivity index (χ2v) is 5.80. The van der Waals surface area contributed by atoms with E-state index in [1.165, 1.54) is 6.08 Å². The number of rotatable bonds is 9. The van der Waals surface area contributed by atoms with Crippen LogP contribution in [0.25, 0.3) is 6.08 Å². The lowest BCUT2D eigenvalue weighted by molar-refractivity contribution is -0.137. The first-order valence-electron chi connectivity index (χ1n) is 8.71. The molecule has 0 unspecified atom stereocenters. The summed E-state index contributed by atoms with van der Waals surface area (Å²) in [6.07, 6.45) is 3.00. The van der Waals surface area contributed by atoms with Crippen molar-refractivity contribution < 1.29 is 19.1 Å². The number of carbonyl (C=O) groups is 2. The van der Waals surface area contributed by atoms with Crippen molar-refractivity contribution in [3.8, 4) is 0 Å². The molecule has 0 saturated heterocycles. The number of hydrogen-bond donors (Lipinski definition) is 2. The highest BCUT2D eigenvalue weighted by molar-refractivity contribution is 5.95. The number of benzene rings is 2. The number of ether oxygens (including phenoxy) is 2. The molecule has 150 valence electrons. The Morgan fingerprint density at radius 2 is 1.79 bits per heavy atom. The number of carbonyl (C=O) groups excluding carboxylic acids is 2. The quantitative estimate of drug-likeness (QED) is 0.495. The van der Waals surface area contributed by atoms with E-state index >= 15 is 0 Å². The SMILES string of the molecule is CCOC(=O)/C=C/c1ccc(NC(=O)[C@@H](N)COCc2ccccc2)cc1.Cl.